The Morgan fingerprint density at radius 1 is 0.946 bits per heavy atom. The summed E-state index contributed by atoms with van der Waals surface area (Å²) in [6, 6.07) is 23.7. The van der Waals surface area contributed by atoms with Gasteiger partial charge >= 0.3 is 5.97 Å². The van der Waals surface area contributed by atoms with Crippen molar-refractivity contribution in [2.75, 3.05) is 30.5 Å². The van der Waals surface area contributed by atoms with Crippen LogP contribution in [0.4, 0.5) is 11.4 Å². The number of nitrogens with one attached hydrogen (secondary N) is 1. The minimum absolute atomic E-state index is 0.151. The van der Waals surface area contributed by atoms with Gasteiger partial charge in [0.2, 0.25) is 11.8 Å². The van der Waals surface area contributed by atoms with Gasteiger partial charge in [0, 0.05) is 25.8 Å². The molecule has 0 bridgehead atoms. The van der Waals surface area contributed by atoms with Gasteiger partial charge in [-0.2, -0.15) is 0 Å². The summed E-state index contributed by atoms with van der Waals surface area (Å²) in [6.45, 7) is 3.84. The van der Waals surface area contributed by atoms with Crippen LogP contribution in [0.15, 0.2) is 78.9 Å². The summed E-state index contributed by atoms with van der Waals surface area (Å²) in [4.78, 5) is 45.2. The summed E-state index contributed by atoms with van der Waals surface area (Å²) in [5.74, 6) is -3.05. The average molecular weight is 498 g/mol. The van der Waals surface area contributed by atoms with E-state index in [2.05, 4.69) is 5.32 Å². The van der Waals surface area contributed by atoms with Gasteiger partial charge in [-0.15, -0.1) is 0 Å². The van der Waals surface area contributed by atoms with Crippen LogP contribution in [-0.2, 0) is 24.7 Å². The number of amides is 2. The fourth-order valence-corrected chi connectivity index (χ4v) is 5.64. The van der Waals surface area contributed by atoms with E-state index in [9.17, 15) is 14.4 Å². The lowest BCUT2D eigenvalue weighted by molar-refractivity contribution is -0.155. The number of hydrogen-bond donors (Lipinski definition) is 1. The van der Waals surface area contributed by atoms with E-state index >= 15 is 0 Å². The molecule has 0 aromatic heterocycles. The van der Waals surface area contributed by atoms with Gasteiger partial charge in [-0.3, -0.25) is 14.9 Å². The predicted molar refractivity (Wildman–Crippen MR) is 142 cm³/mol. The largest absolute Gasteiger partial charge is 0.464 e. The summed E-state index contributed by atoms with van der Waals surface area (Å²) < 4.78 is 5.58. The topological polar surface area (TPSA) is 79.0 Å². The van der Waals surface area contributed by atoms with Gasteiger partial charge in [-0.05, 0) is 49.2 Å². The maximum absolute atomic E-state index is 14.2. The lowest BCUT2D eigenvalue weighted by atomic mass is 9.75. The number of anilines is 2. The molecule has 0 saturated carbocycles. The summed E-state index contributed by atoms with van der Waals surface area (Å²) in [7, 11) is 3.91. The molecule has 2 saturated heterocycles. The number of rotatable bonds is 6. The number of carbonyl (C=O) groups is 3. The van der Waals surface area contributed by atoms with Crippen LogP contribution < -0.4 is 15.1 Å². The third-order valence-electron chi connectivity index (χ3n) is 7.45. The van der Waals surface area contributed by atoms with Gasteiger partial charge in [0.1, 0.15) is 0 Å². The number of esters is 1. The molecular formula is C30H31N3O4. The lowest BCUT2D eigenvalue weighted by Crippen LogP contribution is -2.54. The van der Waals surface area contributed by atoms with Crippen molar-refractivity contribution >= 4 is 29.2 Å². The Kier molecular flexibility index (Phi) is 6.33. The minimum Gasteiger partial charge on any atom is -0.464 e. The Hall–Kier alpha value is -3.97. The second-order valence-corrected chi connectivity index (χ2v) is 9.85. The zero-order valence-electron chi connectivity index (χ0n) is 21.5. The first-order valence-corrected chi connectivity index (χ1v) is 12.5. The van der Waals surface area contributed by atoms with Gasteiger partial charge in [-0.1, -0.05) is 60.2 Å². The molecule has 2 fully saturated rings. The van der Waals surface area contributed by atoms with Crippen molar-refractivity contribution in [3.63, 3.8) is 0 Å². The number of carbonyl (C=O) groups excluding carboxylic acids is 3. The van der Waals surface area contributed by atoms with Gasteiger partial charge < -0.3 is 9.64 Å². The number of hydrogen-bond acceptors (Lipinski definition) is 6. The lowest BCUT2D eigenvalue weighted by Gasteiger charge is -2.33. The standard InChI is InChI=1S/C30H31N3O4/c1-5-37-29(36)30(21-9-7-6-8-10-21)25-24(26(31-30)20-13-17-22(18-14-20)32(3)4)27(34)33(28(25)35)23-15-11-19(2)12-16-23/h6-18,24-26,31H,5H2,1-4H3/t24-,25+,26-,30-/m1/s1. The smallest absolute Gasteiger partial charge is 0.331 e. The second kappa shape index (κ2) is 9.48. The number of aryl methyl sites for hydroxylation is 1. The SMILES string of the molecule is CCOC(=O)[C@]1(c2ccccc2)N[C@H](c2ccc(N(C)C)cc2)[C@@H]2C(=O)N(c3ccc(C)cc3)C(=O)[C@H]21. The highest BCUT2D eigenvalue weighted by Gasteiger charge is 2.69. The molecule has 2 heterocycles. The van der Waals surface area contributed by atoms with Gasteiger partial charge in [0.25, 0.3) is 0 Å². The molecule has 37 heavy (non-hydrogen) atoms. The van der Waals surface area contributed by atoms with Crippen LogP contribution in [0.1, 0.15) is 29.7 Å². The maximum Gasteiger partial charge on any atom is 0.331 e. The zero-order chi connectivity index (χ0) is 26.3. The molecule has 2 amide bonds. The van der Waals surface area contributed by atoms with E-state index in [1.165, 1.54) is 4.90 Å². The van der Waals surface area contributed by atoms with Gasteiger partial charge in [-0.25, -0.2) is 9.69 Å². The quantitative estimate of drug-likeness (QED) is 0.410. The molecule has 1 N–H and O–H groups in total. The van der Waals surface area contributed by atoms with E-state index in [0.29, 0.717) is 11.3 Å². The van der Waals surface area contributed by atoms with Crippen LogP contribution in [0, 0.1) is 18.8 Å². The van der Waals surface area contributed by atoms with Crippen LogP contribution in [-0.4, -0.2) is 38.5 Å². The summed E-state index contributed by atoms with van der Waals surface area (Å²) in [6.07, 6.45) is 0. The fraction of sp³-hybridized carbons (Fsp3) is 0.300. The number of imide groups is 1. The second-order valence-electron chi connectivity index (χ2n) is 9.85. The Morgan fingerprint density at radius 2 is 1.59 bits per heavy atom. The van der Waals surface area contributed by atoms with E-state index in [1.807, 2.05) is 92.6 Å². The number of fused-ring (bicyclic) bond motifs is 1. The Morgan fingerprint density at radius 3 is 2.19 bits per heavy atom. The Bertz CT molecular complexity index is 1320. The normalized spacial score (nSPS) is 24.8. The van der Waals surface area contributed by atoms with E-state index in [0.717, 1.165) is 16.8 Å². The molecule has 190 valence electrons. The monoisotopic (exact) mass is 497 g/mol. The first kappa shape index (κ1) is 24.7. The van der Waals surface area contributed by atoms with Crippen molar-refractivity contribution in [2.24, 2.45) is 11.8 Å². The molecular weight excluding hydrogens is 466 g/mol. The Balaban J connectivity index is 1.70. The zero-order valence-corrected chi connectivity index (χ0v) is 21.5. The van der Waals surface area contributed by atoms with E-state index < -0.39 is 35.3 Å². The molecule has 3 aromatic rings. The van der Waals surface area contributed by atoms with E-state index in [4.69, 9.17) is 4.74 Å². The van der Waals surface area contributed by atoms with Crippen LogP contribution >= 0.6 is 0 Å². The molecule has 0 radical (unpaired) electrons. The van der Waals surface area contributed by atoms with Crippen molar-refractivity contribution in [3.05, 3.63) is 95.6 Å². The highest BCUT2D eigenvalue weighted by molar-refractivity contribution is 6.24. The molecule has 3 aromatic carbocycles. The molecule has 7 nitrogen and oxygen atoms in total. The first-order valence-electron chi connectivity index (χ1n) is 12.5. The Labute approximate surface area is 217 Å². The van der Waals surface area contributed by atoms with Gasteiger partial charge in [0.05, 0.1) is 24.1 Å². The minimum atomic E-state index is -1.51. The van der Waals surface area contributed by atoms with Crippen molar-refractivity contribution in [1.29, 1.82) is 0 Å². The van der Waals surface area contributed by atoms with Crippen molar-refractivity contribution < 1.29 is 19.1 Å². The highest BCUT2D eigenvalue weighted by atomic mass is 16.5. The van der Waals surface area contributed by atoms with Gasteiger partial charge in [0.15, 0.2) is 5.54 Å². The average Bonchev–Trinajstić information content (AvgIpc) is 3.40. The number of benzene rings is 3. The predicted octanol–water partition coefficient (Wildman–Crippen LogP) is 3.97. The number of ether oxygens (including phenoxy) is 1. The summed E-state index contributed by atoms with van der Waals surface area (Å²) >= 11 is 0. The molecule has 0 unspecified atom stereocenters. The molecule has 2 aliphatic rings. The van der Waals surface area contributed by atoms with Crippen LogP contribution in [0.5, 0.6) is 0 Å². The van der Waals surface area contributed by atoms with Crippen molar-refractivity contribution in [1.82, 2.24) is 5.32 Å². The van der Waals surface area contributed by atoms with E-state index in [-0.39, 0.29) is 12.5 Å². The molecule has 4 atom stereocenters. The summed E-state index contributed by atoms with van der Waals surface area (Å²) in [5, 5.41) is 3.46. The number of nitrogens with zero attached hydrogens (tertiary/aromatic N) is 2. The summed E-state index contributed by atoms with van der Waals surface area (Å²) in [5.41, 5.74) is 2.45. The molecule has 7 heteroatoms. The molecule has 2 aliphatic heterocycles. The van der Waals surface area contributed by atoms with Crippen molar-refractivity contribution in [2.45, 2.75) is 25.4 Å². The van der Waals surface area contributed by atoms with Crippen LogP contribution in [0.2, 0.25) is 0 Å². The van der Waals surface area contributed by atoms with Crippen LogP contribution in [0.3, 0.4) is 0 Å². The maximum atomic E-state index is 14.2. The highest BCUT2D eigenvalue weighted by Crippen LogP contribution is 2.54. The third kappa shape index (κ3) is 3.90. The third-order valence-corrected chi connectivity index (χ3v) is 7.45. The van der Waals surface area contributed by atoms with Crippen LogP contribution in [0.25, 0.3) is 0 Å². The fourth-order valence-electron chi connectivity index (χ4n) is 5.64. The molecule has 0 aliphatic carbocycles. The molecule has 5 rings (SSSR count). The van der Waals surface area contributed by atoms with E-state index in [1.54, 1.807) is 19.1 Å². The van der Waals surface area contributed by atoms with Crippen molar-refractivity contribution in [3.8, 4) is 0 Å². The first-order chi connectivity index (χ1) is 17.8. The molecule has 0 spiro atoms.